The molecule has 0 nitrogen and oxygen atoms in total. The van der Waals surface area contributed by atoms with E-state index in [1.54, 1.807) is 0 Å². The van der Waals surface area contributed by atoms with Crippen LogP contribution in [0.5, 0.6) is 0 Å². The molecule has 0 radical (unpaired) electrons. The minimum absolute atomic E-state index is 0.654. The summed E-state index contributed by atoms with van der Waals surface area (Å²) in [5, 5.41) is 0. The van der Waals surface area contributed by atoms with Gasteiger partial charge in [0.15, 0.2) is 0 Å². The Labute approximate surface area is 75.7 Å². The molecule has 0 aromatic heterocycles. The van der Waals surface area contributed by atoms with E-state index in [9.17, 15) is 0 Å². The van der Waals surface area contributed by atoms with Crippen molar-refractivity contribution in [2.24, 2.45) is 5.92 Å². The highest BCUT2D eigenvalue weighted by atomic mass is 14.0. The summed E-state index contributed by atoms with van der Waals surface area (Å²) >= 11 is 0. The van der Waals surface area contributed by atoms with Gasteiger partial charge in [-0.05, 0) is 31.3 Å². The Bertz CT molecular complexity index is 226. The third kappa shape index (κ3) is 3.08. The summed E-state index contributed by atoms with van der Waals surface area (Å²) in [5.41, 5.74) is 2.88. The largest absolute Gasteiger partial charge is 0.0814 e. The van der Waals surface area contributed by atoms with E-state index >= 15 is 0 Å². The Balaban J connectivity index is 2.59. The van der Waals surface area contributed by atoms with Gasteiger partial charge in [0, 0.05) is 0 Å². The SMILES string of the molecule is CC1=CC(/C=C\C(C)C)=CCC1. The number of allylic oxidation sites excluding steroid dienone is 6. The molecule has 0 heterocycles. The van der Waals surface area contributed by atoms with Crippen molar-refractivity contribution in [3.8, 4) is 0 Å². The van der Waals surface area contributed by atoms with Crippen molar-refractivity contribution < 1.29 is 0 Å². The van der Waals surface area contributed by atoms with Gasteiger partial charge in [0.1, 0.15) is 0 Å². The molecule has 0 aromatic carbocycles. The van der Waals surface area contributed by atoms with Crippen molar-refractivity contribution in [3.63, 3.8) is 0 Å². The zero-order valence-corrected chi connectivity index (χ0v) is 8.30. The van der Waals surface area contributed by atoms with E-state index in [0.29, 0.717) is 5.92 Å². The van der Waals surface area contributed by atoms with Gasteiger partial charge in [0.05, 0.1) is 0 Å². The molecule has 0 atom stereocenters. The van der Waals surface area contributed by atoms with Crippen molar-refractivity contribution in [1.29, 1.82) is 0 Å². The molecule has 12 heavy (non-hydrogen) atoms. The quantitative estimate of drug-likeness (QED) is 0.578. The van der Waals surface area contributed by atoms with Crippen molar-refractivity contribution in [2.45, 2.75) is 33.6 Å². The van der Waals surface area contributed by atoms with Crippen LogP contribution in [0.15, 0.2) is 35.5 Å². The van der Waals surface area contributed by atoms with E-state index in [-0.39, 0.29) is 0 Å². The van der Waals surface area contributed by atoms with E-state index < -0.39 is 0 Å². The van der Waals surface area contributed by atoms with Crippen LogP contribution in [0.25, 0.3) is 0 Å². The molecule has 0 heteroatoms. The molecule has 1 aliphatic carbocycles. The molecule has 0 saturated heterocycles. The summed E-state index contributed by atoms with van der Waals surface area (Å²) in [6.07, 6.45) is 11.5. The standard InChI is InChI=1S/C12H18/c1-10(2)7-8-12-6-4-5-11(3)9-12/h6-10H,4-5H2,1-3H3/b8-7-. The smallest absolute Gasteiger partial charge is 0.0285 e. The second-order valence-electron chi connectivity index (χ2n) is 3.84. The Hall–Kier alpha value is -0.780. The Morgan fingerprint density at radius 2 is 2.17 bits per heavy atom. The molecule has 0 fully saturated rings. The fourth-order valence-corrected chi connectivity index (χ4v) is 1.30. The molecule has 0 saturated carbocycles. The molecule has 1 aliphatic rings. The first-order chi connectivity index (χ1) is 5.68. The average molecular weight is 162 g/mol. The monoisotopic (exact) mass is 162 g/mol. The fourth-order valence-electron chi connectivity index (χ4n) is 1.30. The predicted molar refractivity (Wildman–Crippen MR) is 55.1 cm³/mol. The van der Waals surface area contributed by atoms with Crippen LogP contribution in [0.2, 0.25) is 0 Å². The number of hydrogen-bond donors (Lipinski definition) is 0. The lowest BCUT2D eigenvalue weighted by Crippen LogP contribution is -1.87. The van der Waals surface area contributed by atoms with Gasteiger partial charge in [-0.25, -0.2) is 0 Å². The average Bonchev–Trinajstić information content (AvgIpc) is 2.01. The highest BCUT2D eigenvalue weighted by Crippen LogP contribution is 2.17. The minimum atomic E-state index is 0.654. The molecule has 0 aliphatic heterocycles. The minimum Gasteiger partial charge on any atom is -0.0814 e. The molecule has 0 amide bonds. The molecule has 0 spiro atoms. The van der Waals surface area contributed by atoms with Crippen LogP contribution in [0.3, 0.4) is 0 Å². The van der Waals surface area contributed by atoms with Gasteiger partial charge in [-0.3, -0.25) is 0 Å². The maximum absolute atomic E-state index is 2.31. The van der Waals surface area contributed by atoms with E-state index in [2.05, 4.69) is 45.1 Å². The summed E-state index contributed by atoms with van der Waals surface area (Å²) in [7, 11) is 0. The maximum atomic E-state index is 2.31. The van der Waals surface area contributed by atoms with Gasteiger partial charge >= 0.3 is 0 Å². The van der Waals surface area contributed by atoms with E-state index in [4.69, 9.17) is 0 Å². The molecule has 0 bridgehead atoms. The normalized spacial score (nSPS) is 18.3. The van der Waals surface area contributed by atoms with Crippen molar-refractivity contribution in [3.05, 3.63) is 35.5 Å². The summed E-state index contributed by atoms with van der Waals surface area (Å²) < 4.78 is 0. The Kier molecular flexibility index (Phi) is 3.33. The van der Waals surface area contributed by atoms with Crippen molar-refractivity contribution >= 4 is 0 Å². The number of hydrogen-bond acceptors (Lipinski definition) is 0. The predicted octanol–water partition coefficient (Wildman–Crippen LogP) is 3.87. The van der Waals surface area contributed by atoms with Gasteiger partial charge in [-0.15, -0.1) is 0 Å². The second kappa shape index (κ2) is 4.30. The summed E-state index contributed by atoms with van der Waals surface area (Å²) in [5.74, 6) is 0.654. The van der Waals surface area contributed by atoms with Crippen LogP contribution in [0.1, 0.15) is 33.6 Å². The third-order valence-corrected chi connectivity index (χ3v) is 2.01. The van der Waals surface area contributed by atoms with Crippen LogP contribution in [0.4, 0.5) is 0 Å². The second-order valence-corrected chi connectivity index (χ2v) is 3.84. The summed E-state index contributed by atoms with van der Waals surface area (Å²) in [4.78, 5) is 0. The first-order valence-electron chi connectivity index (χ1n) is 4.74. The Morgan fingerprint density at radius 3 is 2.75 bits per heavy atom. The molecular weight excluding hydrogens is 144 g/mol. The zero-order valence-electron chi connectivity index (χ0n) is 8.30. The van der Waals surface area contributed by atoms with Gasteiger partial charge < -0.3 is 0 Å². The van der Waals surface area contributed by atoms with Crippen molar-refractivity contribution in [2.75, 3.05) is 0 Å². The van der Waals surface area contributed by atoms with Crippen LogP contribution < -0.4 is 0 Å². The molecule has 0 N–H and O–H groups in total. The zero-order chi connectivity index (χ0) is 8.97. The van der Waals surface area contributed by atoms with E-state index in [1.165, 1.54) is 24.0 Å². The van der Waals surface area contributed by atoms with Crippen LogP contribution >= 0.6 is 0 Å². The van der Waals surface area contributed by atoms with Crippen LogP contribution in [-0.4, -0.2) is 0 Å². The highest BCUT2D eigenvalue weighted by molar-refractivity contribution is 5.35. The van der Waals surface area contributed by atoms with Crippen LogP contribution in [0, 0.1) is 5.92 Å². The lowest BCUT2D eigenvalue weighted by Gasteiger charge is -2.07. The first kappa shape index (κ1) is 9.31. The molecular formula is C12H18. The van der Waals surface area contributed by atoms with Gasteiger partial charge in [0.2, 0.25) is 0 Å². The van der Waals surface area contributed by atoms with Gasteiger partial charge in [-0.2, -0.15) is 0 Å². The Morgan fingerprint density at radius 1 is 1.42 bits per heavy atom. The summed E-state index contributed by atoms with van der Waals surface area (Å²) in [6, 6.07) is 0. The van der Waals surface area contributed by atoms with Gasteiger partial charge in [0.25, 0.3) is 0 Å². The summed E-state index contributed by atoms with van der Waals surface area (Å²) in [6.45, 7) is 6.61. The molecule has 0 aromatic rings. The molecule has 66 valence electrons. The molecule has 0 unspecified atom stereocenters. The number of rotatable bonds is 2. The maximum Gasteiger partial charge on any atom is -0.0285 e. The van der Waals surface area contributed by atoms with Gasteiger partial charge in [-0.1, -0.05) is 43.7 Å². The van der Waals surface area contributed by atoms with Crippen LogP contribution in [-0.2, 0) is 0 Å². The fraction of sp³-hybridized carbons (Fsp3) is 0.500. The van der Waals surface area contributed by atoms with E-state index in [0.717, 1.165) is 0 Å². The topological polar surface area (TPSA) is 0 Å². The first-order valence-corrected chi connectivity index (χ1v) is 4.74. The molecule has 1 rings (SSSR count). The third-order valence-electron chi connectivity index (χ3n) is 2.01. The van der Waals surface area contributed by atoms with E-state index in [1.807, 2.05) is 0 Å². The highest BCUT2D eigenvalue weighted by Gasteiger charge is 1.97. The lowest BCUT2D eigenvalue weighted by atomic mass is 10.00. The van der Waals surface area contributed by atoms with Crippen molar-refractivity contribution in [1.82, 2.24) is 0 Å². The lowest BCUT2D eigenvalue weighted by molar-refractivity contribution is 0.830.